The highest BCUT2D eigenvalue weighted by atomic mass is 79.9. The van der Waals surface area contributed by atoms with Gasteiger partial charge in [0.2, 0.25) is 0 Å². The molecule has 160 valence electrons. The van der Waals surface area contributed by atoms with Crippen molar-refractivity contribution in [1.29, 1.82) is 0 Å². The van der Waals surface area contributed by atoms with Crippen LogP contribution in [0.15, 0.2) is 124 Å². The lowest BCUT2D eigenvalue weighted by atomic mass is 10.0. The van der Waals surface area contributed by atoms with Gasteiger partial charge in [-0.25, -0.2) is 0 Å². The van der Waals surface area contributed by atoms with Crippen molar-refractivity contribution in [2.45, 2.75) is 0 Å². The van der Waals surface area contributed by atoms with E-state index in [2.05, 4.69) is 72.8 Å². The van der Waals surface area contributed by atoms with E-state index in [1.165, 1.54) is 0 Å². The summed E-state index contributed by atoms with van der Waals surface area (Å²) in [6.07, 6.45) is 0. The van der Waals surface area contributed by atoms with Crippen LogP contribution in [-0.4, -0.2) is 10.4 Å². The molecule has 0 saturated carbocycles. The summed E-state index contributed by atoms with van der Waals surface area (Å²) >= 11 is 7.06. The van der Waals surface area contributed by atoms with Crippen LogP contribution < -0.4 is 0 Å². The van der Waals surface area contributed by atoms with Gasteiger partial charge in [-0.1, -0.05) is 86.5 Å². The lowest BCUT2D eigenvalue weighted by molar-refractivity contribution is 0.103. The van der Waals surface area contributed by atoms with E-state index in [4.69, 9.17) is 0 Å². The van der Waals surface area contributed by atoms with E-state index in [1.54, 1.807) is 0 Å². The Kier molecular flexibility index (Phi) is 6.12. The summed E-state index contributed by atoms with van der Waals surface area (Å²) in [5, 5.41) is 0. The average Bonchev–Trinajstić information content (AvgIpc) is 3.30. The maximum atomic E-state index is 12.9. The SMILES string of the molecule is O=C(c1ccccc1)c1ccc(-n2c(-c3ccc(Br)cc3)ccc2-c2ccc(Br)cc2)cc1. The van der Waals surface area contributed by atoms with E-state index in [0.717, 1.165) is 37.1 Å². The fourth-order valence-electron chi connectivity index (χ4n) is 3.92. The molecule has 0 N–H and O–H groups in total. The minimum atomic E-state index is 0.0240. The Bertz CT molecular complexity index is 1340. The summed E-state index contributed by atoms with van der Waals surface area (Å²) < 4.78 is 4.33. The van der Waals surface area contributed by atoms with Gasteiger partial charge in [0, 0.05) is 25.8 Å². The first-order valence-corrected chi connectivity index (χ1v) is 12.1. The third kappa shape index (κ3) is 4.50. The number of ketones is 1. The van der Waals surface area contributed by atoms with Crippen molar-refractivity contribution in [2.75, 3.05) is 0 Å². The zero-order chi connectivity index (χ0) is 22.8. The molecule has 0 bridgehead atoms. The van der Waals surface area contributed by atoms with Crippen LogP contribution in [0, 0.1) is 0 Å². The van der Waals surface area contributed by atoms with Gasteiger partial charge >= 0.3 is 0 Å². The maximum Gasteiger partial charge on any atom is 0.193 e. The summed E-state index contributed by atoms with van der Waals surface area (Å²) in [7, 11) is 0. The fourth-order valence-corrected chi connectivity index (χ4v) is 4.45. The molecule has 1 heterocycles. The van der Waals surface area contributed by atoms with E-state index in [1.807, 2.05) is 78.9 Å². The maximum absolute atomic E-state index is 12.9. The van der Waals surface area contributed by atoms with Crippen LogP contribution in [0.2, 0.25) is 0 Å². The Balaban J connectivity index is 1.61. The molecular formula is C29H19Br2NO. The first kappa shape index (κ1) is 21.6. The highest BCUT2D eigenvalue weighted by molar-refractivity contribution is 9.10. The van der Waals surface area contributed by atoms with Gasteiger partial charge in [0.15, 0.2) is 5.78 Å². The summed E-state index contributed by atoms with van der Waals surface area (Å²) in [5.41, 5.74) is 6.77. The molecule has 0 fully saturated rings. The van der Waals surface area contributed by atoms with Gasteiger partial charge in [-0.05, 0) is 71.8 Å². The molecule has 0 saturated heterocycles. The van der Waals surface area contributed by atoms with Crippen molar-refractivity contribution < 1.29 is 4.79 Å². The van der Waals surface area contributed by atoms with E-state index in [9.17, 15) is 4.79 Å². The Labute approximate surface area is 209 Å². The molecule has 0 aliphatic carbocycles. The molecule has 0 unspecified atom stereocenters. The second kappa shape index (κ2) is 9.34. The molecule has 4 heteroatoms. The van der Waals surface area contributed by atoms with Gasteiger partial charge in [-0.3, -0.25) is 4.79 Å². The Morgan fingerprint density at radius 1 is 0.515 bits per heavy atom. The summed E-state index contributed by atoms with van der Waals surface area (Å²) in [6, 6.07) is 38.1. The van der Waals surface area contributed by atoms with E-state index >= 15 is 0 Å². The van der Waals surface area contributed by atoms with E-state index < -0.39 is 0 Å². The van der Waals surface area contributed by atoms with Crippen LogP contribution in [0.4, 0.5) is 0 Å². The molecule has 1 aromatic heterocycles. The predicted molar refractivity (Wildman–Crippen MR) is 142 cm³/mol. The van der Waals surface area contributed by atoms with Crippen molar-refractivity contribution in [3.8, 4) is 28.2 Å². The number of rotatable bonds is 5. The lowest BCUT2D eigenvalue weighted by Gasteiger charge is -2.15. The monoisotopic (exact) mass is 555 g/mol. The normalized spacial score (nSPS) is 10.8. The van der Waals surface area contributed by atoms with Crippen LogP contribution >= 0.6 is 31.9 Å². The highest BCUT2D eigenvalue weighted by Gasteiger charge is 2.15. The number of halogens is 2. The second-order valence-corrected chi connectivity index (χ2v) is 9.53. The van der Waals surface area contributed by atoms with Gasteiger partial charge in [0.05, 0.1) is 11.4 Å². The number of aromatic nitrogens is 1. The van der Waals surface area contributed by atoms with Gasteiger partial charge in [-0.15, -0.1) is 0 Å². The number of carbonyl (C=O) groups excluding carboxylic acids is 1. The Morgan fingerprint density at radius 2 is 0.970 bits per heavy atom. The molecule has 0 atom stereocenters. The Hall–Kier alpha value is -3.21. The topological polar surface area (TPSA) is 22.0 Å². The zero-order valence-electron chi connectivity index (χ0n) is 17.6. The fraction of sp³-hybridized carbons (Fsp3) is 0. The van der Waals surface area contributed by atoms with Crippen LogP contribution in [0.25, 0.3) is 28.2 Å². The van der Waals surface area contributed by atoms with Crippen molar-refractivity contribution in [3.05, 3.63) is 135 Å². The van der Waals surface area contributed by atoms with Crippen LogP contribution in [0.5, 0.6) is 0 Å². The quantitative estimate of drug-likeness (QED) is 0.199. The molecule has 5 rings (SSSR count). The van der Waals surface area contributed by atoms with Crippen LogP contribution in [0.3, 0.4) is 0 Å². The molecule has 0 aliphatic rings. The average molecular weight is 557 g/mol. The van der Waals surface area contributed by atoms with Gasteiger partial charge in [0.25, 0.3) is 0 Å². The summed E-state index contributed by atoms with van der Waals surface area (Å²) in [4.78, 5) is 12.9. The van der Waals surface area contributed by atoms with Gasteiger partial charge in [-0.2, -0.15) is 0 Å². The predicted octanol–water partition coefficient (Wildman–Crippen LogP) is 8.57. The van der Waals surface area contributed by atoms with E-state index in [0.29, 0.717) is 11.1 Å². The smallest absolute Gasteiger partial charge is 0.193 e. The first-order valence-electron chi connectivity index (χ1n) is 10.5. The second-order valence-electron chi connectivity index (χ2n) is 7.70. The standard InChI is InChI=1S/C29H19Br2NO/c30-24-12-6-20(7-13-24)27-18-19-28(21-8-14-25(31)15-9-21)32(27)26-16-10-23(11-17-26)29(33)22-4-2-1-3-5-22/h1-19H. The lowest BCUT2D eigenvalue weighted by Crippen LogP contribution is -2.03. The molecule has 4 aromatic carbocycles. The number of carbonyl (C=O) groups is 1. The van der Waals surface area contributed by atoms with Crippen molar-refractivity contribution >= 4 is 37.6 Å². The minimum absolute atomic E-state index is 0.0240. The Morgan fingerprint density at radius 3 is 1.45 bits per heavy atom. The first-order chi connectivity index (χ1) is 16.1. The van der Waals surface area contributed by atoms with Crippen molar-refractivity contribution in [1.82, 2.24) is 4.57 Å². The molecule has 0 amide bonds. The van der Waals surface area contributed by atoms with Gasteiger partial charge in [0.1, 0.15) is 0 Å². The molecule has 2 nitrogen and oxygen atoms in total. The summed E-state index contributed by atoms with van der Waals surface area (Å²) in [6.45, 7) is 0. The van der Waals surface area contributed by atoms with Crippen LogP contribution in [-0.2, 0) is 0 Å². The molecular weight excluding hydrogens is 538 g/mol. The largest absolute Gasteiger partial charge is 0.309 e. The molecule has 5 aromatic rings. The molecule has 0 aliphatic heterocycles. The van der Waals surface area contributed by atoms with Gasteiger partial charge < -0.3 is 4.57 Å². The van der Waals surface area contributed by atoms with Crippen LogP contribution in [0.1, 0.15) is 15.9 Å². The third-order valence-corrected chi connectivity index (χ3v) is 6.64. The van der Waals surface area contributed by atoms with E-state index in [-0.39, 0.29) is 5.78 Å². The van der Waals surface area contributed by atoms with Crippen molar-refractivity contribution in [3.63, 3.8) is 0 Å². The third-order valence-electron chi connectivity index (χ3n) is 5.58. The van der Waals surface area contributed by atoms with Crippen molar-refractivity contribution in [2.24, 2.45) is 0 Å². The number of benzene rings is 4. The molecule has 0 spiro atoms. The minimum Gasteiger partial charge on any atom is -0.309 e. The number of nitrogens with zero attached hydrogens (tertiary/aromatic N) is 1. The highest BCUT2D eigenvalue weighted by Crippen LogP contribution is 2.33. The number of hydrogen-bond acceptors (Lipinski definition) is 1. The zero-order valence-corrected chi connectivity index (χ0v) is 20.8. The number of hydrogen-bond donors (Lipinski definition) is 0. The molecule has 33 heavy (non-hydrogen) atoms. The molecule has 0 radical (unpaired) electrons. The summed E-state index contributed by atoms with van der Waals surface area (Å²) in [5.74, 6) is 0.0240.